The molecule has 3 rings (SSSR count). The van der Waals surface area contributed by atoms with Crippen molar-refractivity contribution in [1.29, 1.82) is 0 Å². The average molecular weight is 415 g/mol. The number of benzene rings is 1. The van der Waals surface area contributed by atoms with Gasteiger partial charge in [0.25, 0.3) is 0 Å². The Hall–Kier alpha value is -2.96. The lowest BCUT2D eigenvalue weighted by Crippen LogP contribution is -2.43. The van der Waals surface area contributed by atoms with Crippen molar-refractivity contribution in [3.63, 3.8) is 0 Å². The van der Waals surface area contributed by atoms with Gasteiger partial charge in [-0.05, 0) is 43.4 Å². The molecule has 1 N–H and O–H groups in total. The van der Waals surface area contributed by atoms with Crippen LogP contribution in [-0.4, -0.2) is 31.4 Å². The predicted octanol–water partition coefficient (Wildman–Crippen LogP) is 3.39. The number of carbonyl (C=O) groups excluding carboxylic acids is 3. The molecule has 0 saturated carbocycles. The van der Waals surface area contributed by atoms with Gasteiger partial charge in [0.1, 0.15) is 11.7 Å². The van der Waals surface area contributed by atoms with Crippen molar-refractivity contribution in [2.24, 2.45) is 11.8 Å². The Morgan fingerprint density at radius 1 is 1.30 bits per heavy atom. The maximum atomic E-state index is 14.1. The van der Waals surface area contributed by atoms with Gasteiger partial charge in [-0.1, -0.05) is 26.0 Å². The van der Waals surface area contributed by atoms with Crippen LogP contribution in [0.4, 0.5) is 4.39 Å². The number of hydrogen-bond acceptors (Lipinski definition) is 6. The van der Waals surface area contributed by atoms with E-state index in [0.717, 1.165) is 0 Å². The fourth-order valence-electron chi connectivity index (χ4n) is 4.24. The number of carbonyl (C=O) groups is 3. The molecule has 1 aliphatic carbocycles. The van der Waals surface area contributed by atoms with Gasteiger partial charge in [-0.25, -0.2) is 9.18 Å². The van der Waals surface area contributed by atoms with Gasteiger partial charge in [-0.2, -0.15) is 0 Å². The predicted molar refractivity (Wildman–Crippen MR) is 108 cm³/mol. The van der Waals surface area contributed by atoms with Crippen LogP contribution in [-0.2, 0) is 23.9 Å². The van der Waals surface area contributed by atoms with E-state index in [0.29, 0.717) is 35.4 Å². The first-order valence-corrected chi connectivity index (χ1v) is 10.1. The molecule has 0 saturated heterocycles. The van der Waals surface area contributed by atoms with Crippen molar-refractivity contribution in [2.45, 2.75) is 39.5 Å². The van der Waals surface area contributed by atoms with E-state index < -0.39 is 35.4 Å². The van der Waals surface area contributed by atoms with Gasteiger partial charge in [-0.15, -0.1) is 0 Å². The van der Waals surface area contributed by atoms with Crippen LogP contribution >= 0.6 is 0 Å². The van der Waals surface area contributed by atoms with Gasteiger partial charge >= 0.3 is 11.9 Å². The van der Waals surface area contributed by atoms with Crippen molar-refractivity contribution >= 4 is 17.7 Å². The maximum absolute atomic E-state index is 14.1. The van der Waals surface area contributed by atoms with Gasteiger partial charge in [-0.3, -0.25) is 9.59 Å². The summed E-state index contributed by atoms with van der Waals surface area (Å²) in [7, 11) is 1.24. The highest BCUT2D eigenvalue weighted by atomic mass is 19.1. The number of ketones is 1. The monoisotopic (exact) mass is 415 g/mol. The zero-order valence-corrected chi connectivity index (χ0v) is 17.6. The quantitative estimate of drug-likeness (QED) is 0.586. The second-order valence-corrected chi connectivity index (χ2v) is 7.73. The number of rotatable bonds is 5. The SMILES string of the molecule is CCCOC(=O)C1=C(C)NC2=C(C(=O)[C@H](C(=O)OC)[C@H](C)C2)[C@@H]1c1cccc(F)c1. The smallest absolute Gasteiger partial charge is 0.336 e. The lowest BCUT2D eigenvalue weighted by atomic mass is 9.69. The van der Waals surface area contributed by atoms with Crippen molar-refractivity contribution in [3.8, 4) is 0 Å². The number of halogens is 1. The highest BCUT2D eigenvalue weighted by Crippen LogP contribution is 2.45. The first-order chi connectivity index (χ1) is 14.3. The lowest BCUT2D eigenvalue weighted by molar-refractivity contribution is -0.151. The summed E-state index contributed by atoms with van der Waals surface area (Å²) < 4.78 is 24.3. The molecule has 1 heterocycles. The van der Waals surface area contributed by atoms with Crippen LogP contribution in [0.15, 0.2) is 46.8 Å². The fraction of sp³-hybridized carbons (Fsp3) is 0.435. The molecule has 0 unspecified atom stereocenters. The molecule has 30 heavy (non-hydrogen) atoms. The van der Waals surface area contributed by atoms with Gasteiger partial charge in [0.15, 0.2) is 5.78 Å². The molecule has 0 bridgehead atoms. The van der Waals surface area contributed by atoms with E-state index in [-0.39, 0.29) is 18.1 Å². The summed E-state index contributed by atoms with van der Waals surface area (Å²) in [6, 6.07) is 5.81. The van der Waals surface area contributed by atoms with E-state index in [1.807, 2.05) is 13.8 Å². The van der Waals surface area contributed by atoms with E-state index in [1.54, 1.807) is 13.0 Å². The Bertz CT molecular complexity index is 949. The average Bonchev–Trinajstić information content (AvgIpc) is 2.70. The van der Waals surface area contributed by atoms with Gasteiger partial charge in [0.2, 0.25) is 0 Å². The molecule has 6 nitrogen and oxygen atoms in total. The topological polar surface area (TPSA) is 81.7 Å². The molecule has 1 aliphatic heterocycles. The molecular formula is C23H26FNO5. The minimum absolute atomic E-state index is 0.229. The van der Waals surface area contributed by atoms with Crippen LogP contribution in [0.2, 0.25) is 0 Å². The minimum atomic E-state index is -0.974. The van der Waals surface area contributed by atoms with Gasteiger partial charge in [0.05, 0.1) is 19.3 Å². The molecule has 0 amide bonds. The highest BCUT2D eigenvalue weighted by molar-refractivity contribution is 6.12. The second-order valence-electron chi connectivity index (χ2n) is 7.73. The molecule has 7 heteroatoms. The molecule has 0 aromatic heterocycles. The van der Waals surface area contributed by atoms with E-state index in [2.05, 4.69) is 5.32 Å². The van der Waals surface area contributed by atoms with Crippen LogP contribution < -0.4 is 5.32 Å². The van der Waals surface area contributed by atoms with Crippen LogP contribution in [0.1, 0.15) is 45.1 Å². The Labute approximate surface area is 175 Å². The molecule has 0 radical (unpaired) electrons. The zero-order chi connectivity index (χ0) is 22.0. The number of ether oxygens (including phenoxy) is 2. The Balaban J connectivity index is 2.16. The lowest BCUT2D eigenvalue weighted by Gasteiger charge is -2.38. The molecule has 3 atom stereocenters. The second kappa shape index (κ2) is 8.81. The molecule has 0 spiro atoms. The summed E-state index contributed by atoms with van der Waals surface area (Å²) in [5.41, 5.74) is 2.20. The minimum Gasteiger partial charge on any atom is -0.468 e. The number of methoxy groups -OCH3 is 1. The molecule has 1 aromatic carbocycles. The summed E-state index contributed by atoms with van der Waals surface area (Å²) in [6.45, 7) is 5.66. The third-order valence-electron chi connectivity index (χ3n) is 5.58. The standard InChI is InChI=1S/C23H26FNO5/c1-5-9-30-23(28)18-13(3)25-16-10-12(2)17(22(27)29-4)21(26)20(16)19(18)14-7-6-8-15(24)11-14/h6-8,11-12,17,19,25H,5,9-10H2,1-4H3/t12-,17-,19-/m1/s1. The van der Waals surface area contributed by atoms with Crippen LogP contribution in [0.5, 0.6) is 0 Å². The van der Waals surface area contributed by atoms with Gasteiger partial charge < -0.3 is 14.8 Å². The van der Waals surface area contributed by atoms with Crippen molar-refractivity contribution in [2.75, 3.05) is 13.7 Å². The Morgan fingerprint density at radius 2 is 2.03 bits per heavy atom. The number of Topliss-reactive ketones (excluding diaryl/α,β-unsaturated/α-hetero) is 1. The first-order valence-electron chi connectivity index (χ1n) is 10.1. The fourth-order valence-corrected chi connectivity index (χ4v) is 4.24. The maximum Gasteiger partial charge on any atom is 0.336 e. The molecule has 0 fully saturated rings. The summed E-state index contributed by atoms with van der Waals surface area (Å²) in [4.78, 5) is 38.7. The summed E-state index contributed by atoms with van der Waals surface area (Å²) in [5.74, 6) is -4.14. The first kappa shape index (κ1) is 21.7. The summed E-state index contributed by atoms with van der Waals surface area (Å²) in [6.07, 6.45) is 1.08. The van der Waals surface area contributed by atoms with E-state index in [1.165, 1.54) is 25.3 Å². The summed E-state index contributed by atoms with van der Waals surface area (Å²) in [5, 5.41) is 3.17. The Morgan fingerprint density at radius 3 is 2.67 bits per heavy atom. The normalized spacial score (nSPS) is 23.6. The van der Waals surface area contributed by atoms with Crippen molar-refractivity contribution in [3.05, 3.63) is 58.2 Å². The van der Waals surface area contributed by atoms with E-state index >= 15 is 0 Å². The third-order valence-corrected chi connectivity index (χ3v) is 5.58. The molecular weight excluding hydrogens is 389 g/mol. The number of allylic oxidation sites excluding steroid dienone is 3. The van der Waals surface area contributed by atoms with E-state index in [4.69, 9.17) is 9.47 Å². The molecule has 2 aliphatic rings. The molecule has 1 aromatic rings. The number of hydrogen-bond donors (Lipinski definition) is 1. The number of dihydropyridines is 1. The zero-order valence-electron chi connectivity index (χ0n) is 17.6. The number of nitrogens with one attached hydrogen (secondary N) is 1. The Kier molecular flexibility index (Phi) is 6.39. The molecule has 160 valence electrons. The van der Waals surface area contributed by atoms with Crippen molar-refractivity contribution < 1.29 is 28.2 Å². The highest BCUT2D eigenvalue weighted by Gasteiger charge is 2.47. The van der Waals surface area contributed by atoms with Crippen LogP contribution in [0, 0.1) is 17.7 Å². The third kappa shape index (κ3) is 3.88. The van der Waals surface area contributed by atoms with Gasteiger partial charge in [0, 0.05) is 22.9 Å². The largest absolute Gasteiger partial charge is 0.468 e. The van der Waals surface area contributed by atoms with Crippen LogP contribution in [0.25, 0.3) is 0 Å². The number of esters is 2. The van der Waals surface area contributed by atoms with E-state index in [9.17, 15) is 18.8 Å². The van der Waals surface area contributed by atoms with Crippen molar-refractivity contribution in [1.82, 2.24) is 5.32 Å². The summed E-state index contributed by atoms with van der Waals surface area (Å²) >= 11 is 0. The van der Waals surface area contributed by atoms with Crippen LogP contribution in [0.3, 0.4) is 0 Å².